The average molecular weight is 459 g/mol. The molecule has 0 aliphatic heterocycles. The van der Waals surface area contributed by atoms with E-state index < -0.39 is 5.91 Å². The molecular weight excluding hydrogens is 448 g/mol. The lowest BCUT2D eigenvalue weighted by Gasteiger charge is -2.03. The smallest absolute Gasteiger partial charge is 0.294 e. The lowest BCUT2D eigenvalue weighted by molar-refractivity contribution is 0.0951. The lowest BCUT2D eigenvalue weighted by Crippen LogP contribution is -2.19. The van der Waals surface area contributed by atoms with Crippen molar-refractivity contribution in [3.05, 3.63) is 57.5 Å². The molecule has 4 aromatic rings. The molecule has 0 radical (unpaired) electrons. The van der Waals surface area contributed by atoms with Crippen molar-refractivity contribution in [3.63, 3.8) is 0 Å². The number of thiophene rings is 1. The van der Waals surface area contributed by atoms with Gasteiger partial charge < -0.3 is 5.73 Å². The molecule has 0 aliphatic rings. The molecule has 28 heavy (non-hydrogen) atoms. The average Bonchev–Trinajstić information content (AvgIpc) is 3.42. The normalized spacial score (nSPS) is 11.2. The van der Waals surface area contributed by atoms with Crippen LogP contribution in [0.25, 0.3) is 16.4 Å². The predicted molar refractivity (Wildman–Crippen MR) is 106 cm³/mol. The quantitative estimate of drug-likeness (QED) is 0.346. The maximum atomic E-state index is 12.6. The van der Waals surface area contributed by atoms with Crippen molar-refractivity contribution < 1.29 is 9.42 Å². The van der Waals surface area contributed by atoms with Crippen LogP contribution in [-0.2, 0) is 0 Å². The second-order valence-electron chi connectivity index (χ2n) is 5.40. The zero-order chi connectivity index (χ0) is 19.5. The molecule has 0 atom stereocenters. The molecule has 0 spiro atoms. The maximum absolute atomic E-state index is 12.6. The third-order valence-electron chi connectivity index (χ3n) is 3.59. The summed E-state index contributed by atoms with van der Waals surface area (Å²) in [7, 11) is 0. The van der Waals surface area contributed by atoms with Crippen LogP contribution in [0.3, 0.4) is 0 Å². The topological polar surface area (TPSA) is 137 Å². The van der Waals surface area contributed by atoms with Crippen LogP contribution in [0.15, 0.2) is 56.0 Å². The highest BCUT2D eigenvalue weighted by atomic mass is 79.9. The molecule has 0 saturated heterocycles. The summed E-state index contributed by atoms with van der Waals surface area (Å²) in [6.45, 7) is 0. The highest BCUT2D eigenvalue weighted by molar-refractivity contribution is 9.10. The second kappa shape index (κ2) is 7.70. The number of nitrogens with zero attached hydrogens (tertiary/aromatic N) is 6. The molecule has 10 nitrogen and oxygen atoms in total. The van der Waals surface area contributed by atoms with Gasteiger partial charge in [0.2, 0.25) is 11.6 Å². The first-order valence-electron chi connectivity index (χ1n) is 7.80. The van der Waals surface area contributed by atoms with Gasteiger partial charge in [0.1, 0.15) is 5.69 Å². The molecule has 0 aliphatic carbocycles. The van der Waals surface area contributed by atoms with Crippen molar-refractivity contribution in [2.75, 3.05) is 5.73 Å². The Bertz CT molecular complexity index is 1130. The largest absolute Gasteiger partial charge is 0.378 e. The van der Waals surface area contributed by atoms with Crippen LogP contribution in [-0.4, -0.2) is 37.4 Å². The standard InChI is InChI=1S/C16H11BrN8O2S/c17-10-5-3-9(4-6-10)8-19-21-16(26)12-13(11-2-1-7-28-11)25(24-20-12)15-14(18)22-27-23-15/h1-8H,(H2,18,22)(H,21,26)/b19-8-. The predicted octanol–water partition coefficient (Wildman–Crippen LogP) is 2.49. The summed E-state index contributed by atoms with van der Waals surface area (Å²) in [5.74, 6) is -0.353. The first-order chi connectivity index (χ1) is 13.6. The summed E-state index contributed by atoms with van der Waals surface area (Å²) < 4.78 is 6.89. The molecule has 0 fully saturated rings. The molecule has 0 saturated carbocycles. The Hall–Kier alpha value is -3.38. The van der Waals surface area contributed by atoms with Crippen molar-refractivity contribution in [2.45, 2.75) is 0 Å². The van der Waals surface area contributed by atoms with E-state index >= 15 is 0 Å². The molecular formula is C16H11BrN8O2S. The molecule has 3 heterocycles. The number of nitrogen functional groups attached to an aromatic ring is 1. The van der Waals surface area contributed by atoms with Gasteiger partial charge in [-0.1, -0.05) is 39.3 Å². The highest BCUT2D eigenvalue weighted by Gasteiger charge is 2.25. The minimum atomic E-state index is -0.530. The number of hydrazone groups is 1. The van der Waals surface area contributed by atoms with E-state index in [0.29, 0.717) is 5.69 Å². The third kappa shape index (κ3) is 3.54. The van der Waals surface area contributed by atoms with E-state index in [1.807, 2.05) is 41.8 Å². The number of benzene rings is 1. The van der Waals surface area contributed by atoms with Crippen LogP contribution >= 0.6 is 27.3 Å². The molecule has 140 valence electrons. The van der Waals surface area contributed by atoms with Gasteiger partial charge in [-0.3, -0.25) is 4.79 Å². The van der Waals surface area contributed by atoms with Gasteiger partial charge in [-0.15, -0.1) is 16.4 Å². The summed E-state index contributed by atoms with van der Waals surface area (Å²) in [6.07, 6.45) is 1.53. The van der Waals surface area contributed by atoms with E-state index in [2.05, 4.69) is 51.7 Å². The zero-order valence-corrected chi connectivity index (χ0v) is 16.4. The van der Waals surface area contributed by atoms with E-state index in [-0.39, 0.29) is 17.3 Å². The SMILES string of the molecule is Nc1nonc1-n1nnc(C(=O)N/N=C\c2ccc(Br)cc2)c1-c1cccs1. The van der Waals surface area contributed by atoms with E-state index in [1.54, 1.807) is 0 Å². The number of carbonyl (C=O) groups excluding carboxylic acids is 1. The Labute approximate surface area is 170 Å². The Morgan fingerprint density at radius 3 is 2.79 bits per heavy atom. The summed E-state index contributed by atoms with van der Waals surface area (Å²) in [5, 5.41) is 21.1. The van der Waals surface area contributed by atoms with E-state index in [1.165, 1.54) is 22.2 Å². The van der Waals surface area contributed by atoms with Crippen LogP contribution in [0.1, 0.15) is 16.1 Å². The zero-order valence-electron chi connectivity index (χ0n) is 14.0. The van der Waals surface area contributed by atoms with Gasteiger partial charge in [-0.2, -0.15) is 9.78 Å². The van der Waals surface area contributed by atoms with Crippen molar-refractivity contribution in [1.82, 2.24) is 30.7 Å². The van der Waals surface area contributed by atoms with Gasteiger partial charge in [0.15, 0.2) is 5.69 Å². The molecule has 12 heteroatoms. The van der Waals surface area contributed by atoms with Crippen LogP contribution < -0.4 is 11.2 Å². The van der Waals surface area contributed by atoms with Crippen molar-refractivity contribution in [1.29, 1.82) is 0 Å². The number of rotatable bonds is 5. The van der Waals surface area contributed by atoms with Gasteiger partial charge >= 0.3 is 0 Å². The van der Waals surface area contributed by atoms with Crippen LogP contribution in [0.2, 0.25) is 0 Å². The molecule has 4 rings (SSSR count). The molecule has 1 amide bonds. The monoisotopic (exact) mass is 458 g/mol. The van der Waals surface area contributed by atoms with Crippen molar-refractivity contribution in [3.8, 4) is 16.4 Å². The third-order valence-corrected chi connectivity index (χ3v) is 4.99. The number of anilines is 1. The minimum Gasteiger partial charge on any atom is -0.378 e. The number of hydrogen-bond acceptors (Lipinski definition) is 9. The van der Waals surface area contributed by atoms with E-state index in [4.69, 9.17) is 5.73 Å². The van der Waals surface area contributed by atoms with Crippen molar-refractivity contribution >= 4 is 45.2 Å². The molecule has 3 aromatic heterocycles. The Morgan fingerprint density at radius 1 is 1.29 bits per heavy atom. The molecule has 0 bridgehead atoms. The Balaban J connectivity index is 1.64. The van der Waals surface area contributed by atoms with Gasteiger partial charge in [-0.05, 0) is 39.5 Å². The Kier molecular flexibility index (Phi) is 4.95. The number of nitrogens with two attached hydrogens (primary N) is 1. The van der Waals surface area contributed by atoms with Crippen LogP contribution in [0.4, 0.5) is 5.82 Å². The van der Waals surface area contributed by atoms with Crippen LogP contribution in [0, 0.1) is 0 Å². The summed E-state index contributed by atoms with van der Waals surface area (Å²) in [6, 6.07) is 11.1. The second-order valence-corrected chi connectivity index (χ2v) is 7.26. The van der Waals surface area contributed by atoms with Gasteiger partial charge in [0, 0.05) is 4.47 Å². The summed E-state index contributed by atoms with van der Waals surface area (Å²) >= 11 is 4.77. The number of amides is 1. The van der Waals surface area contributed by atoms with Gasteiger partial charge in [-0.25, -0.2) is 10.1 Å². The number of halogens is 1. The fourth-order valence-electron chi connectivity index (χ4n) is 2.32. The number of nitrogens with one attached hydrogen (secondary N) is 1. The van der Waals surface area contributed by atoms with E-state index in [0.717, 1.165) is 14.9 Å². The number of hydrogen-bond donors (Lipinski definition) is 2. The highest BCUT2D eigenvalue weighted by Crippen LogP contribution is 2.29. The fraction of sp³-hybridized carbons (Fsp3) is 0. The van der Waals surface area contributed by atoms with Gasteiger partial charge in [0.05, 0.1) is 11.1 Å². The lowest BCUT2D eigenvalue weighted by atomic mass is 10.2. The van der Waals surface area contributed by atoms with E-state index in [9.17, 15) is 4.79 Å². The molecule has 3 N–H and O–H groups in total. The number of carbonyl (C=O) groups is 1. The first-order valence-corrected chi connectivity index (χ1v) is 9.47. The van der Waals surface area contributed by atoms with Crippen LogP contribution in [0.5, 0.6) is 0 Å². The van der Waals surface area contributed by atoms with Gasteiger partial charge in [0.25, 0.3) is 5.91 Å². The first kappa shape index (κ1) is 18.0. The molecule has 0 unspecified atom stereocenters. The number of aromatic nitrogens is 5. The van der Waals surface area contributed by atoms with Crippen molar-refractivity contribution in [2.24, 2.45) is 5.10 Å². The summed E-state index contributed by atoms with van der Waals surface area (Å²) in [4.78, 5) is 13.4. The summed E-state index contributed by atoms with van der Waals surface area (Å²) in [5.41, 5.74) is 9.51. The fourth-order valence-corrected chi connectivity index (χ4v) is 3.34. The minimum absolute atomic E-state index is 0.0305. The Morgan fingerprint density at radius 2 is 2.11 bits per heavy atom. The molecule has 1 aromatic carbocycles. The maximum Gasteiger partial charge on any atom is 0.294 e.